The summed E-state index contributed by atoms with van der Waals surface area (Å²) in [5.41, 5.74) is 0.386. The summed E-state index contributed by atoms with van der Waals surface area (Å²) in [6.45, 7) is 3.13. The van der Waals surface area contributed by atoms with Gasteiger partial charge in [-0.2, -0.15) is 4.31 Å². The number of ether oxygens (including phenoxy) is 2. The summed E-state index contributed by atoms with van der Waals surface area (Å²) in [6.07, 6.45) is 3.20. The second-order valence-electron chi connectivity index (χ2n) is 8.99. The van der Waals surface area contributed by atoms with E-state index in [0.29, 0.717) is 38.5 Å². The quantitative estimate of drug-likeness (QED) is 0.569. The van der Waals surface area contributed by atoms with E-state index >= 15 is 0 Å². The van der Waals surface area contributed by atoms with Crippen molar-refractivity contribution in [2.24, 2.45) is 5.92 Å². The fourth-order valence-corrected chi connectivity index (χ4v) is 6.08. The maximum atomic E-state index is 12.7. The molecule has 1 saturated carbocycles. The average molecular weight is 494 g/mol. The van der Waals surface area contributed by atoms with Gasteiger partial charge in [0.05, 0.1) is 24.0 Å². The van der Waals surface area contributed by atoms with E-state index in [-0.39, 0.29) is 23.3 Å². The summed E-state index contributed by atoms with van der Waals surface area (Å²) in [6, 6.07) is 6.06. The Bertz CT molecular complexity index is 1020. The third-order valence-corrected chi connectivity index (χ3v) is 8.56. The number of rotatable bonds is 7. The smallest absolute Gasteiger partial charge is 0.312 e. The highest BCUT2D eigenvalue weighted by Gasteiger charge is 2.40. The second kappa shape index (κ2) is 10.4. The van der Waals surface area contributed by atoms with E-state index in [1.54, 1.807) is 4.90 Å². The second-order valence-corrected chi connectivity index (χ2v) is 10.9. The van der Waals surface area contributed by atoms with Crippen molar-refractivity contribution in [3.8, 4) is 0 Å². The van der Waals surface area contributed by atoms with Gasteiger partial charge in [-0.15, -0.1) is 0 Å². The van der Waals surface area contributed by atoms with Crippen LogP contribution in [0.15, 0.2) is 29.2 Å². The number of likely N-dealkylation sites (tertiary alicyclic amines) is 1. The predicted octanol–water partition coefficient (Wildman–Crippen LogP) is 1.37. The van der Waals surface area contributed by atoms with Gasteiger partial charge >= 0.3 is 5.97 Å². The van der Waals surface area contributed by atoms with Gasteiger partial charge in [-0.05, 0) is 44.0 Å². The van der Waals surface area contributed by atoms with Crippen molar-refractivity contribution < 1.29 is 32.3 Å². The highest BCUT2D eigenvalue weighted by atomic mass is 32.2. The predicted molar refractivity (Wildman–Crippen MR) is 122 cm³/mol. The monoisotopic (exact) mass is 493 g/mol. The van der Waals surface area contributed by atoms with Crippen LogP contribution in [0.2, 0.25) is 0 Å². The van der Waals surface area contributed by atoms with Gasteiger partial charge in [0.15, 0.2) is 6.10 Å². The lowest BCUT2D eigenvalue weighted by molar-refractivity contribution is -0.157. The Labute approximate surface area is 199 Å². The lowest BCUT2D eigenvalue weighted by atomic mass is 10.1. The van der Waals surface area contributed by atoms with Gasteiger partial charge in [0.2, 0.25) is 15.9 Å². The van der Waals surface area contributed by atoms with Gasteiger partial charge in [-0.25, -0.2) is 8.42 Å². The first kappa shape index (κ1) is 24.6. The van der Waals surface area contributed by atoms with Crippen LogP contribution in [-0.2, 0) is 33.9 Å². The summed E-state index contributed by atoms with van der Waals surface area (Å²) < 4.78 is 37.3. The van der Waals surface area contributed by atoms with Crippen molar-refractivity contribution in [3.63, 3.8) is 0 Å². The summed E-state index contributed by atoms with van der Waals surface area (Å²) in [5, 5.41) is 2.64. The van der Waals surface area contributed by atoms with Gasteiger partial charge in [0.1, 0.15) is 0 Å². The van der Waals surface area contributed by atoms with Gasteiger partial charge in [0.25, 0.3) is 5.91 Å². The zero-order chi connectivity index (χ0) is 24.3. The number of benzene rings is 1. The van der Waals surface area contributed by atoms with Crippen LogP contribution in [0.1, 0.15) is 39.0 Å². The Morgan fingerprint density at radius 1 is 1.12 bits per heavy atom. The molecule has 0 bridgehead atoms. The molecule has 3 fully saturated rings. The molecule has 2 atom stereocenters. The topological polar surface area (TPSA) is 122 Å². The fourth-order valence-electron chi connectivity index (χ4n) is 4.67. The molecule has 1 N–H and O–H groups in total. The minimum Gasteiger partial charge on any atom is -0.452 e. The third-order valence-electron chi connectivity index (χ3n) is 6.65. The Balaban J connectivity index is 1.29. The summed E-state index contributed by atoms with van der Waals surface area (Å²) in [4.78, 5) is 39.3. The zero-order valence-corrected chi connectivity index (χ0v) is 20.1. The van der Waals surface area contributed by atoms with Crippen LogP contribution in [0.5, 0.6) is 0 Å². The van der Waals surface area contributed by atoms with Crippen LogP contribution in [0.4, 0.5) is 5.69 Å². The van der Waals surface area contributed by atoms with Crippen molar-refractivity contribution in [2.75, 3.05) is 38.2 Å². The molecule has 34 heavy (non-hydrogen) atoms. The first-order valence-electron chi connectivity index (χ1n) is 11.7. The molecule has 186 valence electrons. The molecular weight excluding hydrogens is 462 g/mol. The lowest BCUT2D eigenvalue weighted by Gasteiger charge is -2.26. The average Bonchev–Trinajstić information content (AvgIpc) is 3.49. The zero-order valence-electron chi connectivity index (χ0n) is 19.3. The van der Waals surface area contributed by atoms with E-state index in [0.717, 1.165) is 25.7 Å². The first-order valence-corrected chi connectivity index (χ1v) is 13.2. The van der Waals surface area contributed by atoms with E-state index in [1.807, 2.05) is 0 Å². The number of hydrogen-bond donors (Lipinski definition) is 1. The number of nitrogens with zero attached hydrogens (tertiary/aromatic N) is 2. The number of amides is 2. The van der Waals surface area contributed by atoms with Crippen molar-refractivity contribution in [1.29, 1.82) is 0 Å². The van der Waals surface area contributed by atoms with Crippen LogP contribution < -0.4 is 5.32 Å². The van der Waals surface area contributed by atoms with Gasteiger partial charge in [0, 0.05) is 37.8 Å². The maximum absolute atomic E-state index is 12.7. The molecule has 1 aromatic rings. The van der Waals surface area contributed by atoms with Crippen molar-refractivity contribution >= 4 is 33.5 Å². The molecule has 0 radical (unpaired) electrons. The number of nitrogens with one attached hydrogen (secondary N) is 1. The normalized spacial score (nSPS) is 23.1. The Kier molecular flexibility index (Phi) is 7.54. The molecule has 4 rings (SSSR count). The number of morpholine rings is 1. The molecule has 3 aliphatic rings. The minimum atomic E-state index is -3.62. The van der Waals surface area contributed by atoms with Crippen LogP contribution in [0.25, 0.3) is 0 Å². The van der Waals surface area contributed by atoms with Crippen LogP contribution in [0, 0.1) is 5.92 Å². The third kappa shape index (κ3) is 5.42. The number of sulfonamides is 1. The Morgan fingerprint density at radius 2 is 1.76 bits per heavy atom. The molecule has 11 heteroatoms. The van der Waals surface area contributed by atoms with E-state index in [4.69, 9.17) is 9.47 Å². The number of hydrogen-bond acceptors (Lipinski definition) is 7. The molecule has 10 nitrogen and oxygen atoms in total. The first-order chi connectivity index (χ1) is 16.3. The molecule has 2 heterocycles. The van der Waals surface area contributed by atoms with Crippen molar-refractivity contribution in [3.05, 3.63) is 24.3 Å². The van der Waals surface area contributed by atoms with E-state index in [9.17, 15) is 22.8 Å². The molecule has 0 spiro atoms. The van der Waals surface area contributed by atoms with Crippen molar-refractivity contribution in [2.45, 2.75) is 56.1 Å². The van der Waals surface area contributed by atoms with E-state index in [2.05, 4.69) is 5.32 Å². The standard InChI is InChI=1S/C23H31N3O7S/c1-16(33-23(29)17-14-21(27)26(15-17)19-4-2-3-5-19)22(28)24-18-6-8-20(9-7-18)34(30,31)25-10-12-32-13-11-25/h6-9,16-17,19H,2-5,10-15H2,1H3,(H,24,28)/t16-,17-/m0/s1. The fraction of sp³-hybridized carbons (Fsp3) is 0.609. The highest BCUT2D eigenvalue weighted by molar-refractivity contribution is 7.89. The highest BCUT2D eigenvalue weighted by Crippen LogP contribution is 2.30. The Hall–Kier alpha value is -2.50. The number of carbonyl (C=O) groups is 3. The van der Waals surface area contributed by atoms with Gasteiger partial charge < -0.3 is 19.7 Å². The van der Waals surface area contributed by atoms with Crippen LogP contribution in [0.3, 0.4) is 0 Å². The summed E-state index contributed by atoms with van der Waals surface area (Å²) in [7, 11) is -3.62. The van der Waals surface area contributed by atoms with E-state index in [1.165, 1.54) is 35.5 Å². The molecule has 2 aliphatic heterocycles. The molecular formula is C23H31N3O7S. The van der Waals surface area contributed by atoms with Crippen LogP contribution in [-0.4, -0.2) is 80.4 Å². The number of esters is 1. The van der Waals surface area contributed by atoms with Gasteiger partial charge in [-0.3, -0.25) is 14.4 Å². The number of anilines is 1. The van der Waals surface area contributed by atoms with Gasteiger partial charge in [-0.1, -0.05) is 12.8 Å². The lowest BCUT2D eigenvalue weighted by Crippen LogP contribution is -2.40. The molecule has 2 amide bonds. The molecule has 0 aromatic heterocycles. The van der Waals surface area contributed by atoms with Crippen molar-refractivity contribution in [1.82, 2.24) is 9.21 Å². The minimum absolute atomic E-state index is 0.0296. The SMILES string of the molecule is C[C@H](OC(=O)[C@H]1CC(=O)N(C2CCCC2)C1)C(=O)Nc1ccc(S(=O)(=O)N2CCOCC2)cc1. The summed E-state index contributed by atoms with van der Waals surface area (Å²) >= 11 is 0. The molecule has 2 saturated heterocycles. The summed E-state index contributed by atoms with van der Waals surface area (Å²) in [5.74, 6) is -1.68. The van der Waals surface area contributed by atoms with E-state index < -0.39 is 33.9 Å². The molecule has 1 aromatic carbocycles. The molecule has 1 aliphatic carbocycles. The number of carbonyl (C=O) groups excluding carboxylic acids is 3. The van der Waals surface area contributed by atoms with Crippen LogP contribution >= 0.6 is 0 Å². The largest absolute Gasteiger partial charge is 0.452 e. The maximum Gasteiger partial charge on any atom is 0.312 e. The molecule has 0 unspecified atom stereocenters. The Morgan fingerprint density at radius 3 is 2.41 bits per heavy atom.